The number of benzene rings is 2. The van der Waals surface area contributed by atoms with Crippen molar-refractivity contribution in [2.24, 2.45) is 0 Å². The van der Waals surface area contributed by atoms with Gasteiger partial charge in [-0.05, 0) is 43.4 Å². The minimum absolute atomic E-state index is 0.0957. The third-order valence-corrected chi connectivity index (χ3v) is 5.88. The van der Waals surface area contributed by atoms with Gasteiger partial charge >= 0.3 is 5.69 Å². The summed E-state index contributed by atoms with van der Waals surface area (Å²) >= 11 is 1.46. The Kier molecular flexibility index (Phi) is 5.50. The smallest absolute Gasteiger partial charge is 0.331 e. The van der Waals surface area contributed by atoms with Crippen LogP contribution in [0.2, 0.25) is 0 Å². The number of aryl methyl sites for hydroxylation is 1. The van der Waals surface area contributed by atoms with Gasteiger partial charge in [-0.15, -0.1) is 0 Å². The first kappa shape index (κ1) is 18.8. The van der Waals surface area contributed by atoms with Gasteiger partial charge in [-0.25, -0.2) is 4.79 Å². The highest BCUT2D eigenvalue weighted by molar-refractivity contribution is 7.99. The maximum atomic E-state index is 12.6. The van der Waals surface area contributed by atoms with E-state index in [-0.39, 0.29) is 18.2 Å². The van der Waals surface area contributed by atoms with Gasteiger partial charge in [0.05, 0.1) is 17.2 Å². The SMILES string of the molecule is Cc1ccc(Sc2c(C3CC3)c(=O)[nH]c(=O)n2COCc2ccccc2)cc1. The van der Waals surface area contributed by atoms with E-state index in [0.29, 0.717) is 17.2 Å². The summed E-state index contributed by atoms with van der Waals surface area (Å²) in [5.74, 6) is 0.220. The van der Waals surface area contributed by atoms with Crippen LogP contribution < -0.4 is 11.2 Å². The molecule has 0 spiro atoms. The van der Waals surface area contributed by atoms with E-state index in [9.17, 15) is 9.59 Å². The van der Waals surface area contributed by atoms with Gasteiger partial charge in [0.25, 0.3) is 5.56 Å². The fraction of sp³-hybridized carbons (Fsp3) is 0.273. The van der Waals surface area contributed by atoms with Crippen LogP contribution in [-0.2, 0) is 18.1 Å². The summed E-state index contributed by atoms with van der Waals surface area (Å²) in [5.41, 5.74) is 2.20. The molecule has 1 saturated carbocycles. The summed E-state index contributed by atoms with van der Waals surface area (Å²) in [7, 11) is 0. The van der Waals surface area contributed by atoms with Crippen LogP contribution in [-0.4, -0.2) is 9.55 Å². The van der Waals surface area contributed by atoms with Crippen LogP contribution in [0, 0.1) is 6.92 Å². The molecule has 0 amide bonds. The molecule has 28 heavy (non-hydrogen) atoms. The van der Waals surface area contributed by atoms with E-state index in [0.717, 1.165) is 23.3 Å². The van der Waals surface area contributed by atoms with Gasteiger partial charge in [-0.3, -0.25) is 14.3 Å². The monoisotopic (exact) mass is 394 g/mol. The zero-order valence-corrected chi connectivity index (χ0v) is 16.5. The van der Waals surface area contributed by atoms with E-state index < -0.39 is 5.69 Å². The number of aromatic nitrogens is 2. The summed E-state index contributed by atoms with van der Waals surface area (Å²) in [6.07, 6.45) is 1.96. The molecule has 2 aromatic carbocycles. The molecule has 4 rings (SSSR count). The summed E-state index contributed by atoms with van der Waals surface area (Å²) < 4.78 is 7.35. The molecule has 0 unspecified atom stereocenters. The van der Waals surface area contributed by atoms with Crippen LogP contribution in [0.4, 0.5) is 0 Å². The second-order valence-electron chi connectivity index (χ2n) is 7.06. The van der Waals surface area contributed by atoms with Crippen molar-refractivity contribution >= 4 is 11.8 Å². The van der Waals surface area contributed by atoms with E-state index >= 15 is 0 Å². The Bertz CT molecular complexity index is 1070. The number of ether oxygens (including phenoxy) is 1. The predicted octanol–water partition coefficient (Wildman–Crippen LogP) is 4.05. The molecule has 1 fully saturated rings. The molecule has 1 aromatic heterocycles. The zero-order valence-electron chi connectivity index (χ0n) is 15.7. The Balaban J connectivity index is 1.65. The van der Waals surface area contributed by atoms with Gasteiger partial charge in [0.1, 0.15) is 6.73 Å². The number of aromatic amines is 1. The largest absolute Gasteiger partial charge is 0.356 e. The highest BCUT2D eigenvalue weighted by atomic mass is 32.2. The Labute approximate surface area is 167 Å². The van der Waals surface area contributed by atoms with E-state index in [1.54, 1.807) is 4.57 Å². The molecule has 1 aliphatic rings. The van der Waals surface area contributed by atoms with Gasteiger partial charge in [-0.2, -0.15) is 0 Å². The van der Waals surface area contributed by atoms with Crippen molar-refractivity contribution in [2.45, 2.75) is 48.9 Å². The molecule has 1 heterocycles. The first-order chi connectivity index (χ1) is 13.6. The second-order valence-corrected chi connectivity index (χ2v) is 8.12. The molecular formula is C22H22N2O3S. The average molecular weight is 394 g/mol. The van der Waals surface area contributed by atoms with Crippen LogP contribution in [0.25, 0.3) is 0 Å². The minimum Gasteiger partial charge on any atom is -0.356 e. The third-order valence-electron chi connectivity index (χ3n) is 4.74. The molecular weight excluding hydrogens is 372 g/mol. The van der Waals surface area contributed by atoms with Gasteiger partial charge in [-0.1, -0.05) is 59.8 Å². The lowest BCUT2D eigenvalue weighted by molar-refractivity contribution is 0.0550. The number of rotatable bonds is 7. The topological polar surface area (TPSA) is 64.1 Å². The number of hydrogen-bond acceptors (Lipinski definition) is 4. The molecule has 0 bridgehead atoms. The zero-order chi connectivity index (χ0) is 19.5. The fourth-order valence-corrected chi connectivity index (χ4v) is 4.18. The van der Waals surface area contributed by atoms with Crippen LogP contribution in [0.1, 0.15) is 35.4 Å². The molecule has 0 radical (unpaired) electrons. The molecule has 0 aliphatic heterocycles. The molecule has 5 nitrogen and oxygen atoms in total. The first-order valence-corrected chi connectivity index (χ1v) is 10.2. The first-order valence-electron chi connectivity index (χ1n) is 9.35. The van der Waals surface area contributed by atoms with Crippen molar-refractivity contribution in [1.29, 1.82) is 0 Å². The van der Waals surface area contributed by atoms with E-state index in [2.05, 4.69) is 4.98 Å². The molecule has 1 aliphatic carbocycles. The van der Waals surface area contributed by atoms with Crippen LogP contribution in [0.3, 0.4) is 0 Å². The number of nitrogens with zero attached hydrogens (tertiary/aromatic N) is 1. The van der Waals surface area contributed by atoms with E-state index in [1.165, 1.54) is 17.3 Å². The van der Waals surface area contributed by atoms with Crippen LogP contribution in [0.5, 0.6) is 0 Å². The Morgan fingerprint density at radius 2 is 1.79 bits per heavy atom. The summed E-state index contributed by atoms with van der Waals surface area (Å²) in [4.78, 5) is 28.5. The van der Waals surface area contributed by atoms with Gasteiger partial charge in [0, 0.05) is 4.90 Å². The third kappa shape index (κ3) is 4.29. The summed E-state index contributed by atoms with van der Waals surface area (Å²) in [5, 5.41) is 0.688. The summed E-state index contributed by atoms with van der Waals surface area (Å²) in [6, 6.07) is 17.9. The number of H-pyrrole nitrogens is 1. The van der Waals surface area contributed by atoms with Crippen molar-refractivity contribution in [3.05, 3.63) is 92.1 Å². The Morgan fingerprint density at radius 1 is 1.07 bits per heavy atom. The van der Waals surface area contributed by atoms with E-state index in [1.807, 2.05) is 61.5 Å². The molecule has 0 atom stereocenters. The maximum absolute atomic E-state index is 12.6. The standard InChI is InChI=1S/C22H22N2O3S/c1-15-7-11-18(12-8-15)28-21-19(17-9-10-17)20(25)23-22(26)24(21)14-27-13-16-5-3-2-4-6-16/h2-8,11-12,17H,9-10,13-14H2,1H3,(H,23,25,26). The molecule has 3 aromatic rings. The quantitative estimate of drug-likeness (QED) is 0.614. The predicted molar refractivity (Wildman–Crippen MR) is 110 cm³/mol. The lowest BCUT2D eigenvalue weighted by atomic mass is 10.2. The lowest BCUT2D eigenvalue weighted by Gasteiger charge is -2.16. The lowest BCUT2D eigenvalue weighted by Crippen LogP contribution is -2.34. The average Bonchev–Trinajstić information content (AvgIpc) is 3.51. The maximum Gasteiger partial charge on any atom is 0.331 e. The second kappa shape index (κ2) is 8.20. The van der Waals surface area contributed by atoms with Crippen molar-refractivity contribution in [3.8, 4) is 0 Å². The van der Waals surface area contributed by atoms with Gasteiger partial charge in [0.2, 0.25) is 0 Å². The highest BCUT2D eigenvalue weighted by Crippen LogP contribution is 2.43. The fourth-order valence-electron chi connectivity index (χ4n) is 3.07. The summed E-state index contributed by atoms with van der Waals surface area (Å²) in [6.45, 7) is 2.53. The number of nitrogens with one attached hydrogen (secondary N) is 1. The Morgan fingerprint density at radius 3 is 2.46 bits per heavy atom. The Hall–Kier alpha value is -2.57. The van der Waals surface area contributed by atoms with E-state index in [4.69, 9.17) is 4.74 Å². The van der Waals surface area contributed by atoms with Crippen molar-refractivity contribution in [1.82, 2.24) is 9.55 Å². The van der Waals surface area contributed by atoms with Crippen LogP contribution in [0.15, 0.2) is 74.1 Å². The minimum atomic E-state index is -0.433. The van der Waals surface area contributed by atoms with Crippen molar-refractivity contribution in [2.75, 3.05) is 0 Å². The van der Waals surface area contributed by atoms with Gasteiger partial charge in [0.15, 0.2) is 0 Å². The molecule has 0 saturated heterocycles. The molecule has 6 heteroatoms. The highest BCUT2D eigenvalue weighted by Gasteiger charge is 2.31. The molecule has 1 N–H and O–H groups in total. The van der Waals surface area contributed by atoms with Crippen molar-refractivity contribution < 1.29 is 4.74 Å². The number of hydrogen-bond donors (Lipinski definition) is 1. The molecule has 144 valence electrons. The van der Waals surface area contributed by atoms with Crippen molar-refractivity contribution in [3.63, 3.8) is 0 Å². The van der Waals surface area contributed by atoms with Gasteiger partial charge < -0.3 is 4.74 Å². The normalized spacial score (nSPS) is 13.6. The van der Waals surface area contributed by atoms with Crippen LogP contribution >= 0.6 is 11.8 Å².